The van der Waals surface area contributed by atoms with Gasteiger partial charge in [0.05, 0.1) is 0 Å². The number of hydrogen-bond acceptors (Lipinski definition) is 1. The van der Waals surface area contributed by atoms with Crippen molar-refractivity contribution in [2.24, 2.45) is 11.8 Å². The molecule has 0 bridgehead atoms. The Balaban J connectivity index is 4.07. The molecule has 0 spiro atoms. The lowest BCUT2D eigenvalue weighted by Crippen LogP contribution is -2.29. The second kappa shape index (κ2) is 4.96. The molecule has 0 saturated heterocycles. The third-order valence-electron chi connectivity index (χ3n) is 2.67. The van der Waals surface area contributed by atoms with Crippen molar-refractivity contribution in [2.75, 3.05) is 5.75 Å². The molecule has 1 atom stereocenters. The second-order valence-corrected chi connectivity index (χ2v) is 5.91. The summed E-state index contributed by atoms with van der Waals surface area (Å²) in [6, 6.07) is 0. The fraction of sp³-hybridized carbons (Fsp3) is 0.818. The fourth-order valence-electron chi connectivity index (χ4n) is 1.21. The van der Waals surface area contributed by atoms with Gasteiger partial charge in [-0.15, -0.1) is 6.58 Å². The lowest BCUT2D eigenvalue weighted by molar-refractivity contribution is 0.347. The van der Waals surface area contributed by atoms with E-state index in [-0.39, 0.29) is 0 Å². The molecule has 0 N–H and O–H groups in total. The second-order valence-electron chi connectivity index (χ2n) is 4.24. The molecule has 0 amide bonds. The zero-order valence-corrected chi connectivity index (χ0v) is 9.87. The highest BCUT2D eigenvalue weighted by atomic mass is 32.2. The van der Waals surface area contributed by atoms with Crippen molar-refractivity contribution in [3.8, 4) is 0 Å². The minimum Gasteiger partial charge on any atom is -0.151 e. The topological polar surface area (TPSA) is 0 Å². The van der Waals surface area contributed by atoms with Gasteiger partial charge in [0.1, 0.15) is 0 Å². The largest absolute Gasteiger partial charge is 0.151 e. The van der Waals surface area contributed by atoms with E-state index in [9.17, 15) is 0 Å². The predicted octanol–water partition coefficient (Wildman–Crippen LogP) is 3.98. The van der Waals surface area contributed by atoms with E-state index in [1.165, 1.54) is 0 Å². The molecule has 0 rings (SSSR count). The van der Waals surface area contributed by atoms with E-state index in [0.717, 1.165) is 17.6 Å². The van der Waals surface area contributed by atoms with Crippen LogP contribution in [-0.2, 0) is 0 Å². The lowest BCUT2D eigenvalue weighted by Gasteiger charge is -2.33. The van der Waals surface area contributed by atoms with E-state index in [1.807, 2.05) is 17.8 Å². The first-order chi connectivity index (χ1) is 5.41. The summed E-state index contributed by atoms with van der Waals surface area (Å²) in [5.74, 6) is 2.57. The van der Waals surface area contributed by atoms with E-state index < -0.39 is 0 Å². The summed E-state index contributed by atoms with van der Waals surface area (Å²) in [4.78, 5) is 0. The van der Waals surface area contributed by atoms with Gasteiger partial charge in [-0.25, -0.2) is 0 Å². The van der Waals surface area contributed by atoms with Crippen LogP contribution in [0, 0.1) is 11.8 Å². The molecular formula is C11H22S. The van der Waals surface area contributed by atoms with Crippen LogP contribution >= 0.6 is 11.8 Å². The van der Waals surface area contributed by atoms with Crippen molar-refractivity contribution in [1.29, 1.82) is 0 Å². The lowest BCUT2D eigenvalue weighted by atomic mass is 9.87. The van der Waals surface area contributed by atoms with Crippen molar-refractivity contribution in [3.05, 3.63) is 12.7 Å². The Hall–Kier alpha value is 0.0900. The van der Waals surface area contributed by atoms with Gasteiger partial charge in [0.15, 0.2) is 0 Å². The van der Waals surface area contributed by atoms with Crippen LogP contribution in [0.5, 0.6) is 0 Å². The zero-order chi connectivity index (χ0) is 9.78. The first-order valence-corrected chi connectivity index (χ1v) is 5.65. The van der Waals surface area contributed by atoms with E-state index in [2.05, 4.69) is 41.2 Å². The highest BCUT2D eigenvalue weighted by molar-refractivity contribution is 8.00. The van der Waals surface area contributed by atoms with Gasteiger partial charge in [-0.2, -0.15) is 11.8 Å². The summed E-state index contributed by atoms with van der Waals surface area (Å²) in [5.41, 5.74) is 0. The highest BCUT2D eigenvalue weighted by Crippen LogP contribution is 2.36. The molecule has 1 unspecified atom stereocenters. The molecule has 0 aromatic carbocycles. The minimum atomic E-state index is 0.377. The highest BCUT2D eigenvalue weighted by Gasteiger charge is 2.27. The molecule has 0 aliphatic heterocycles. The molecule has 12 heavy (non-hydrogen) atoms. The van der Waals surface area contributed by atoms with Crippen molar-refractivity contribution >= 4 is 11.8 Å². The smallest absolute Gasteiger partial charge is 0.0134 e. The average Bonchev–Trinajstić information content (AvgIpc) is 1.99. The number of rotatable bonds is 5. The van der Waals surface area contributed by atoms with E-state index in [4.69, 9.17) is 0 Å². The van der Waals surface area contributed by atoms with Gasteiger partial charge in [0, 0.05) is 10.5 Å². The maximum atomic E-state index is 3.75. The summed E-state index contributed by atoms with van der Waals surface area (Å²) in [5, 5.41) is 0. The van der Waals surface area contributed by atoms with Crippen LogP contribution in [0.1, 0.15) is 34.6 Å². The Bertz CT molecular complexity index is 136. The van der Waals surface area contributed by atoms with Crippen molar-refractivity contribution in [1.82, 2.24) is 0 Å². The van der Waals surface area contributed by atoms with Crippen molar-refractivity contribution < 1.29 is 0 Å². The van der Waals surface area contributed by atoms with Crippen LogP contribution < -0.4 is 0 Å². The van der Waals surface area contributed by atoms with Gasteiger partial charge in [-0.05, 0) is 11.8 Å². The molecule has 0 fully saturated rings. The monoisotopic (exact) mass is 186 g/mol. The first kappa shape index (κ1) is 12.1. The Morgan fingerprint density at radius 3 is 2.17 bits per heavy atom. The van der Waals surface area contributed by atoms with Crippen LogP contribution in [0.25, 0.3) is 0 Å². The van der Waals surface area contributed by atoms with Gasteiger partial charge in [-0.1, -0.05) is 40.7 Å². The van der Waals surface area contributed by atoms with E-state index >= 15 is 0 Å². The zero-order valence-electron chi connectivity index (χ0n) is 9.05. The van der Waals surface area contributed by atoms with E-state index in [0.29, 0.717) is 4.75 Å². The Morgan fingerprint density at radius 2 is 1.83 bits per heavy atom. The summed E-state index contributed by atoms with van der Waals surface area (Å²) < 4.78 is 0.377. The Morgan fingerprint density at radius 1 is 1.33 bits per heavy atom. The van der Waals surface area contributed by atoms with Crippen LogP contribution in [0.2, 0.25) is 0 Å². The third-order valence-corrected chi connectivity index (χ3v) is 4.19. The Kier molecular flexibility index (Phi) is 5.00. The van der Waals surface area contributed by atoms with Crippen LogP contribution in [0.3, 0.4) is 0 Å². The summed E-state index contributed by atoms with van der Waals surface area (Å²) in [7, 11) is 0. The standard InChI is InChI=1S/C11H22S/c1-7-8-12-11(5,6)10(4)9(2)3/h7,9-10H,1,8H2,2-6H3. The van der Waals surface area contributed by atoms with Crippen LogP contribution in [0.15, 0.2) is 12.7 Å². The molecule has 1 heteroatoms. The molecule has 0 radical (unpaired) electrons. The molecular weight excluding hydrogens is 164 g/mol. The quantitative estimate of drug-likeness (QED) is 0.585. The normalized spacial score (nSPS) is 14.8. The summed E-state index contributed by atoms with van der Waals surface area (Å²) in [6.07, 6.45) is 1.99. The summed E-state index contributed by atoms with van der Waals surface area (Å²) >= 11 is 2.00. The number of thioether (sulfide) groups is 1. The van der Waals surface area contributed by atoms with Gasteiger partial charge in [0.25, 0.3) is 0 Å². The summed E-state index contributed by atoms with van der Waals surface area (Å²) in [6.45, 7) is 15.3. The van der Waals surface area contributed by atoms with Crippen LogP contribution in [-0.4, -0.2) is 10.5 Å². The van der Waals surface area contributed by atoms with Crippen molar-refractivity contribution in [2.45, 2.75) is 39.4 Å². The molecule has 0 nitrogen and oxygen atoms in total. The average molecular weight is 186 g/mol. The van der Waals surface area contributed by atoms with Gasteiger partial charge >= 0.3 is 0 Å². The molecule has 0 saturated carbocycles. The maximum Gasteiger partial charge on any atom is 0.0134 e. The van der Waals surface area contributed by atoms with Gasteiger partial charge in [0.2, 0.25) is 0 Å². The Labute approximate surface area is 81.8 Å². The molecule has 0 heterocycles. The molecule has 0 aromatic heterocycles. The molecule has 0 aliphatic carbocycles. The SMILES string of the molecule is C=CCSC(C)(C)C(C)C(C)C. The predicted molar refractivity (Wildman–Crippen MR) is 60.7 cm³/mol. The molecule has 0 aliphatic rings. The third kappa shape index (κ3) is 3.66. The maximum absolute atomic E-state index is 3.75. The molecule has 0 aromatic rings. The van der Waals surface area contributed by atoms with Crippen molar-refractivity contribution in [3.63, 3.8) is 0 Å². The van der Waals surface area contributed by atoms with Crippen LogP contribution in [0.4, 0.5) is 0 Å². The minimum absolute atomic E-state index is 0.377. The number of hydrogen-bond donors (Lipinski definition) is 0. The fourth-order valence-corrected chi connectivity index (χ4v) is 2.29. The van der Waals surface area contributed by atoms with E-state index in [1.54, 1.807) is 0 Å². The van der Waals surface area contributed by atoms with Gasteiger partial charge < -0.3 is 0 Å². The van der Waals surface area contributed by atoms with Gasteiger partial charge in [-0.3, -0.25) is 0 Å². The first-order valence-electron chi connectivity index (χ1n) is 4.66. The molecule has 72 valence electrons.